The third-order valence-corrected chi connectivity index (χ3v) is 7.76. The Morgan fingerprint density at radius 1 is 1.20 bits per heavy atom. The molecule has 1 aliphatic carbocycles. The molecule has 138 valence electrons. The Morgan fingerprint density at radius 2 is 2.04 bits per heavy atom. The summed E-state index contributed by atoms with van der Waals surface area (Å²) in [4.78, 5) is 3.12. The molecule has 2 fully saturated rings. The number of sulfone groups is 1. The fourth-order valence-electron chi connectivity index (χ4n) is 4.29. The normalized spacial score (nSPS) is 27.1. The van der Waals surface area contributed by atoms with Gasteiger partial charge in [-0.15, -0.1) is 0 Å². The second-order valence-electron chi connectivity index (χ2n) is 7.92. The molecular formula is C20H29NO3S. The fraction of sp³-hybridized carbons (Fsp3) is 0.700. The molecule has 1 saturated carbocycles. The van der Waals surface area contributed by atoms with Crippen molar-refractivity contribution in [3.63, 3.8) is 0 Å². The van der Waals surface area contributed by atoms with E-state index in [-0.39, 0.29) is 11.9 Å². The molecule has 25 heavy (non-hydrogen) atoms. The second kappa shape index (κ2) is 6.92. The van der Waals surface area contributed by atoms with Crippen molar-refractivity contribution < 1.29 is 13.2 Å². The van der Waals surface area contributed by atoms with Crippen LogP contribution in [0.4, 0.5) is 0 Å². The SMILES string of the molecule is CCS(=O)(=O)c1ccc2c(c1)CCC(CC1CCCN1CC1CC1)O2. The molecule has 0 N–H and O–H groups in total. The van der Waals surface area contributed by atoms with Crippen LogP contribution in [0.3, 0.4) is 0 Å². The first-order valence-corrected chi connectivity index (χ1v) is 11.5. The number of likely N-dealkylation sites (tertiary alicyclic amines) is 1. The summed E-state index contributed by atoms with van der Waals surface area (Å²) >= 11 is 0. The van der Waals surface area contributed by atoms with Crippen LogP contribution in [-0.2, 0) is 16.3 Å². The van der Waals surface area contributed by atoms with Gasteiger partial charge < -0.3 is 4.74 Å². The van der Waals surface area contributed by atoms with Crippen molar-refractivity contribution in [1.29, 1.82) is 0 Å². The number of benzene rings is 1. The number of ether oxygens (including phenoxy) is 1. The lowest BCUT2D eigenvalue weighted by Gasteiger charge is -2.31. The first-order valence-electron chi connectivity index (χ1n) is 9.81. The number of fused-ring (bicyclic) bond motifs is 1. The van der Waals surface area contributed by atoms with Crippen molar-refractivity contribution in [2.75, 3.05) is 18.8 Å². The van der Waals surface area contributed by atoms with E-state index < -0.39 is 9.84 Å². The lowest BCUT2D eigenvalue weighted by atomic mass is 9.97. The third kappa shape index (κ3) is 3.87. The highest BCUT2D eigenvalue weighted by molar-refractivity contribution is 7.91. The monoisotopic (exact) mass is 363 g/mol. The summed E-state index contributed by atoms with van der Waals surface area (Å²) < 4.78 is 30.4. The second-order valence-corrected chi connectivity index (χ2v) is 10.2. The number of hydrogen-bond donors (Lipinski definition) is 0. The summed E-state index contributed by atoms with van der Waals surface area (Å²) in [5.74, 6) is 1.99. The van der Waals surface area contributed by atoms with Crippen LogP contribution in [0.2, 0.25) is 0 Å². The maximum absolute atomic E-state index is 12.1. The number of hydrogen-bond acceptors (Lipinski definition) is 4. The predicted octanol–water partition coefficient (Wildman–Crippen LogP) is 3.44. The van der Waals surface area contributed by atoms with E-state index in [1.807, 2.05) is 12.1 Å². The highest BCUT2D eigenvalue weighted by atomic mass is 32.2. The minimum absolute atomic E-state index is 0.147. The van der Waals surface area contributed by atoms with Crippen molar-refractivity contribution in [1.82, 2.24) is 4.90 Å². The molecule has 4 nitrogen and oxygen atoms in total. The van der Waals surface area contributed by atoms with Gasteiger partial charge in [0.1, 0.15) is 11.9 Å². The van der Waals surface area contributed by atoms with E-state index in [4.69, 9.17) is 4.74 Å². The molecule has 3 aliphatic rings. The van der Waals surface area contributed by atoms with Gasteiger partial charge in [0.05, 0.1) is 10.6 Å². The average molecular weight is 364 g/mol. The van der Waals surface area contributed by atoms with Crippen LogP contribution in [0.15, 0.2) is 23.1 Å². The van der Waals surface area contributed by atoms with Crippen molar-refractivity contribution in [3.8, 4) is 5.75 Å². The van der Waals surface area contributed by atoms with Gasteiger partial charge in [-0.05, 0) is 81.2 Å². The van der Waals surface area contributed by atoms with Crippen LogP contribution < -0.4 is 4.74 Å². The molecule has 1 aromatic rings. The van der Waals surface area contributed by atoms with Gasteiger partial charge in [-0.3, -0.25) is 4.90 Å². The van der Waals surface area contributed by atoms with Crippen LogP contribution in [0, 0.1) is 5.92 Å². The molecule has 2 aliphatic heterocycles. The molecule has 2 atom stereocenters. The van der Waals surface area contributed by atoms with Gasteiger partial charge in [-0.2, -0.15) is 0 Å². The molecular weight excluding hydrogens is 334 g/mol. The third-order valence-electron chi connectivity index (χ3n) is 6.02. The standard InChI is InChI=1S/C20H29NO3S/c1-2-25(22,23)19-9-10-20-16(12-19)7-8-18(24-20)13-17-4-3-11-21(17)14-15-5-6-15/h9-10,12,15,17-18H,2-8,11,13-14H2,1H3. The van der Waals surface area contributed by atoms with E-state index in [1.165, 1.54) is 38.8 Å². The van der Waals surface area contributed by atoms with Gasteiger partial charge >= 0.3 is 0 Å². The molecule has 0 radical (unpaired) electrons. The van der Waals surface area contributed by atoms with E-state index in [2.05, 4.69) is 4.90 Å². The maximum Gasteiger partial charge on any atom is 0.178 e. The summed E-state index contributed by atoms with van der Waals surface area (Å²) in [5.41, 5.74) is 1.05. The van der Waals surface area contributed by atoms with Gasteiger partial charge in [-0.25, -0.2) is 8.42 Å². The van der Waals surface area contributed by atoms with E-state index in [0.717, 1.165) is 36.5 Å². The van der Waals surface area contributed by atoms with Crippen molar-refractivity contribution in [2.24, 2.45) is 5.92 Å². The highest BCUT2D eigenvalue weighted by Crippen LogP contribution is 2.36. The zero-order valence-electron chi connectivity index (χ0n) is 15.1. The largest absolute Gasteiger partial charge is 0.490 e. The van der Waals surface area contributed by atoms with E-state index in [9.17, 15) is 8.42 Å². The first-order chi connectivity index (χ1) is 12.0. The Kier molecular flexibility index (Phi) is 4.80. The number of aryl methyl sites for hydroxylation is 1. The molecule has 5 heteroatoms. The molecule has 1 saturated heterocycles. The average Bonchev–Trinajstić information content (AvgIpc) is 3.33. The van der Waals surface area contributed by atoms with Crippen LogP contribution in [0.25, 0.3) is 0 Å². The maximum atomic E-state index is 12.1. The molecule has 0 bridgehead atoms. The minimum atomic E-state index is -3.14. The van der Waals surface area contributed by atoms with Gasteiger partial charge in [0.15, 0.2) is 9.84 Å². The van der Waals surface area contributed by atoms with E-state index in [1.54, 1.807) is 13.0 Å². The molecule has 0 amide bonds. The Bertz CT molecular complexity index is 726. The van der Waals surface area contributed by atoms with Crippen molar-refractivity contribution >= 4 is 9.84 Å². The van der Waals surface area contributed by atoms with Crippen molar-refractivity contribution in [3.05, 3.63) is 23.8 Å². The number of nitrogens with zero attached hydrogens (tertiary/aromatic N) is 1. The molecule has 2 unspecified atom stereocenters. The zero-order valence-corrected chi connectivity index (χ0v) is 15.9. The summed E-state index contributed by atoms with van der Waals surface area (Å²) in [5, 5.41) is 0. The molecule has 4 rings (SSSR count). The Balaban J connectivity index is 1.41. The van der Waals surface area contributed by atoms with E-state index in [0.29, 0.717) is 10.9 Å². The van der Waals surface area contributed by atoms with Gasteiger partial charge in [0.25, 0.3) is 0 Å². The van der Waals surface area contributed by atoms with Crippen LogP contribution >= 0.6 is 0 Å². The number of rotatable bonds is 6. The zero-order chi connectivity index (χ0) is 17.4. The fourth-order valence-corrected chi connectivity index (χ4v) is 5.22. The molecule has 0 aromatic heterocycles. The Labute approximate surface area is 151 Å². The van der Waals surface area contributed by atoms with Crippen LogP contribution in [0.5, 0.6) is 5.75 Å². The minimum Gasteiger partial charge on any atom is -0.490 e. The smallest absolute Gasteiger partial charge is 0.178 e. The Hall–Kier alpha value is -1.07. The van der Waals surface area contributed by atoms with Gasteiger partial charge in [0, 0.05) is 12.6 Å². The molecule has 0 spiro atoms. The lowest BCUT2D eigenvalue weighted by molar-refractivity contribution is 0.119. The molecule has 1 aromatic carbocycles. The van der Waals surface area contributed by atoms with Crippen molar-refractivity contribution in [2.45, 2.75) is 68.9 Å². The lowest BCUT2D eigenvalue weighted by Crippen LogP contribution is -2.36. The van der Waals surface area contributed by atoms with E-state index >= 15 is 0 Å². The van der Waals surface area contributed by atoms with Crippen LogP contribution in [0.1, 0.15) is 51.0 Å². The topological polar surface area (TPSA) is 46.6 Å². The quantitative estimate of drug-likeness (QED) is 0.777. The highest BCUT2D eigenvalue weighted by Gasteiger charge is 2.33. The van der Waals surface area contributed by atoms with Gasteiger partial charge in [-0.1, -0.05) is 6.92 Å². The predicted molar refractivity (Wildman–Crippen MR) is 98.8 cm³/mol. The summed E-state index contributed by atoms with van der Waals surface area (Å²) in [7, 11) is -3.14. The molecule has 2 heterocycles. The summed E-state index contributed by atoms with van der Waals surface area (Å²) in [6, 6.07) is 6.06. The Morgan fingerprint density at radius 3 is 2.80 bits per heavy atom. The van der Waals surface area contributed by atoms with Gasteiger partial charge in [0.2, 0.25) is 0 Å². The first kappa shape index (κ1) is 17.3. The summed E-state index contributed by atoms with van der Waals surface area (Å²) in [6.07, 6.45) is 8.75. The van der Waals surface area contributed by atoms with Crippen LogP contribution in [-0.4, -0.2) is 44.3 Å². The summed E-state index contributed by atoms with van der Waals surface area (Å²) in [6.45, 7) is 4.23.